The van der Waals surface area contributed by atoms with Crippen LogP contribution < -0.4 is 5.32 Å². The SMILES string of the molecule is CC(C)(CC(=O)Nc1ccc(C(F)(F)F)cc1Cl)C(=O)O. The molecule has 0 aromatic heterocycles. The highest BCUT2D eigenvalue weighted by Gasteiger charge is 2.32. The zero-order valence-electron chi connectivity index (χ0n) is 11.2. The summed E-state index contributed by atoms with van der Waals surface area (Å²) in [5.41, 5.74) is -2.23. The molecule has 0 unspecified atom stereocenters. The highest BCUT2D eigenvalue weighted by Crippen LogP contribution is 2.34. The molecule has 0 aliphatic rings. The third-order valence-electron chi connectivity index (χ3n) is 2.75. The number of halogens is 4. The van der Waals surface area contributed by atoms with Crippen LogP contribution in [0.5, 0.6) is 0 Å². The highest BCUT2D eigenvalue weighted by molar-refractivity contribution is 6.33. The van der Waals surface area contributed by atoms with E-state index in [1.165, 1.54) is 13.8 Å². The van der Waals surface area contributed by atoms with Gasteiger partial charge in [-0.3, -0.25) is 9.59 Å². The highest BCUT2D eigenvalue weighted by atomic mass is 35.5. The zero-order valence-corrected chi connectivity index (χ0v) is 12.0. The molecule has 8 heteroatoms. The molecular formula is C13H13ClF3NO3. The first-order valence-corrected chi connectivity index (χ1v) is 6.21. The van der Waals surface area contributed by atoms with E-state index in [1.807, 2.05) is 0 Å². The first-order chi connectivity index (χ1) is 9.43. The first kappa shape index (κ1) is 17.3. The Morgan fingerprint density at radius 1 is 1.29 bits per heavy atom. The van der Waals surface area contributed by atoms with Crippen LogP contribution in [-0.4, -0.2) is 17.0 Å². The van der Waals surface area contributed by atoms with Crippen molar-refractivity contribution in [1.29, 1.82) is 0 Å². The van der Waals surface area contributed by atoms with Crippen molar-refractivity contribution >= 4 is 29.2 Å². The number of rotatable bonds is 4. The maximum Gasteiger partial charge on any atom is 0.416 e. The van der Waals surface area contributed by atoms with Crippen LogP contribution >= 0.6 is 11.6 Å². The summed E-state index contributed by atoms with van der Waals surface area (Å²) in [6.07, 6.45) is -4.86. The van der Waals surface area contributed by atoms with Crippen molar-refractivity contribution in [3.05, 3.63) is 28.8 Å². The Bertz CT molecular complexity index is 570. The number of hydrogen-bond donors (Lipinski definition) is 2. The summed E-state index contributed by atoms with van der Waals surface area (Å²) in [4.78, 5) is 22.6. The predicted molar refractivity (Wildman–Crippen MR) is 71.1 cm³/mol. The van der Waals surface area contributed by atoms with E-state index in [4.69, 9.17) is 16.7 Å². The van der Waals surface area contributed by atoms with Crippen LogP contribution in [0.3, 0.4) is 0 Å². The standard InChI is InChI=1S/C13H13ClF3NO3/c1-12(2,11(20)21)6-10(19)18-9-4-3-7(5-8(9)14)13(15,16)17/h3-5H,6H2,1-2H3,(H,18,19)(H,20,21). The molecule has 0 radical (unpaired) electrons. The van der Waals surface area contributed by atoms with Crippen molar-refractivity contribution in [2.45, 2.75) is 26.4 Å². The molecule has 2 N–H and O–H groups in total. The Morgan fingerprint density at radius 2 is 1.86 bits per heavy atom. The van der Waals surface area contributed by atoms with Crippen molar-refractivity contribution < 1.29 is 27.9 Å². The van der Waals surface area contributed by atoms with E-state index in [0.29, 0.717) is 6.07 Å². The Labute approximate surface area is 123 Å². The molecular weight excluding hydrogens is 311 g/mol. The number of amides is 1. The summed E-state index contributed by atoms with van der Waals surface area (Å²) in [7, 11) is 0. The van der Waals surface area contributed by atoms with Crippen LogP contribution in [-0.2, 0) is 15.8 Å². The second kappa shape index (κ2) is 5.93. The number of carboxylic acids is 1. The van der Waals surface area contributed by atoms with Gasteiger partial charge in [0, 0.05) is 6.42 Å². The van der Waals surface area contributed by atoms with E-state index in [0.717, 1.165) is 12.1 Å². The van der Waals surface area contributed by atoms with Gasteiger partial charge in [-0.2, -0.15) is 13.2 Å². The fraction of sp³-hybridized carbons (Fsp3) is 0.385. The molecule has 4 nitrogen and oxygen atoms in total. The minimum Gasteiger partial charge on any atom is -0.481 e. The maximum absolute atomic E-state index is 12.5. The molecule has 1 aromatic carbocycles. The van der Waals surface area contributed by atoms with E-state index in [1.54, 1.807) is 0 Å². The van der Waals surface area contributed by atoms with E-state index in [9.17, 15) is 22.8 Å². The van der Waals surface area contributed by atoms with Gasteiger partial charge in [0.25, 0.3) is 0 Å². The Hall–Kier alpha value is -1.76. The predicted octanol–water partition coefficient (Wildman–Crippen LogP) is 3.80. The molecule has 0 atom stereocenters. The minimum absolute atomic E-state index is 0.00384. The quantitative estimate of drug-likeness (QED) is 0.885. The van der Waals surface area contributed by atoms with E-state index in [2.05, 4.69) is 5.32 Å². The van der Waals surface area contributed by atoms with Gasteiger partial charge in [0.2, 0.25) is 5.91 Å². The molecule has 0 aliphatic carbocycles. The van der Waals surface area contributed by atoms with E-state index < -0.39 is 29.0 Å². The average Bonchev–Trinajstić information content (AvgIpc) is 2.29. The molecule has 116 valence electrons. The van der Waals surface area contributed by atoms with Gasteiger partial charge in [-0.1, -0.05) is 11.6 Å². The molecule has 0 aliphatic heterocycles. The van der Waals surface area contributed by atoms with Crippen molar-refractivity contribution in [3.63, 3.8) is 0 Å². The second-order valence-corrected chi connectivity index (χ2v) is 5.51. The monoisotopic (exact) mass is 323 g/mol. The number of hydrogen-bond acceptors (Lipinski definition) is 2. The number of carbonyl (C=O) groups excluding carboxylic acids is 1. The van der Waals surface area contributed by atoms with Crippen molar-refractivity contribution in [1.82, 2.24) is 0 Å². The van der Waals surface area contributed by atoms with Crippen molar-refractivity contribution in [2.75, 3.05) is 5.32 Å². The van der Waals surface area contributed by atoms with Gasteiger partial charge in [-0.15, -0.1) is 0 Å². The molecule has 0 saturated carbocycles. The van der Waals surface area contributed by atoms with Crippen molar-refractivity contribution in [2.24, 2.45) is 5.41 Å². The zero-order chi connectivity index (χ0) is 16.4. The number of benzene rings is 1. The number of alkyl halides is 3. The van der Waals surface area contributed by atoms with Crippen molar-refractivity contribution in [3.8, 4) is 0 Å². The summed E-state index contributed by atoms with van der Waals surface area (Å²) in [5, 5.41) is 10.9. The number of nitrogens with one attached hydrogen (secondary N) is 1. The Balaban J connectivity index is 2.85. The molecule has 21 heavy (non-hydrogen) atoms. The fourth-order valence-electron chi connectivity index (χ4n) is 1.46. The van der Waals surface area contributed by atoms with Crippen LogP contribution in [0.25, 0.3) is 0 Å². The molecule has 0 spiro atoms. The summed E-state index contributed by atoms with van der Waals surface area (Å²) < 4.78 is 37.4. The van der Waals surface area contributed by atoms with Gasteiger partial charge in [-0.25, -0.2) is 0 Å². The topological polar surface area (TPSA) is 66.4 Å². The number of anilines is 1. The first-order valence-electron chi connectivity index (χ1n) is 5.83. The summed E-state index contributed by atoms with van der Waals surface area (Å²) in [6, 6.07) is 2.50. The molecule has 0 fully saturated rings. The summed E-state index contributed by atoms with van der Waals surface area (Å²) >= 11 is 5.68. The maximum atomic E-state index is 12.5. The summed E-state index contributed by atoms with van der Waals surface area (Å²) in [6.45, 7) is 2.73. The van der Waals surface area contributed by atoms with Crippen LogP contribution in [0.2, 0.25) is 5.02 Å². The van der Waals surface area contributed by atoms with Crippen LogP contribution in [0.4, 0.5) is 18.9 Å². The lowest BCUT2D eigenvalue weighted by Crippen LogP contribution is -2.29. The number of carbonyl (C=O) groups is 2. The molecule has 0 heterocycles. The molecule has 0 saturated heterocycles. The third kappa shape index (κ3) is 4.63. The van der Waals surface area contributed by atoms with Gasteiger partial charge in [0.1, 0.15) is 0 Å². The molecule has 0 bridgehead atoms. The van der Waals surface area contributed by atoms with Gasteiger partial charge < -0.3 is 10.4 Å². The Kier molecular flexibility index (Phi) is 4.88. The van der Waals surface area contributed by atoms with Gasteiger partial charge in [0.15, 0.2) is 0 Å². The minimum atomic E-state index is -4.53. The van der Waals surface area contributed by atoms with Crippen LogP contribution in [0.1, 0.15) is 25.8 Å². The lowest BCUT2D eigenvalue weighted by molar-refractivity contribution is -0.149. The lowest BCUT2D eigenvalue weighted by Gasteiger charge is -2.18. The van der Waals surface area contributed by atoms with Gasteiger partial charge in [-0.05, 0) is 32.0 Å². The normalized spacial score (nSPS) is 12.1. The second-order valence-electron chi connectivity index (χ2n) is 5.11. The fourth-order valence-corrected chi connectivity index (χ4v) is 1.69. The third-order valence-corrected chi connectivity index (χ3v) is 3.06. The largest absolute Gasteiger partial charge is 0.481 e. The van der Waals surface area contributed by atoms with Gasteiger partial charge >= 0.3 is 12.1 Å². The molecule has 1 aromatic rings. The van der Waals surface area contributed by atoms with Crippen LogP contribution in [0.15, 0.2) is 18.2 Å². The van der Waals surface area contributed by atoms with Crippen LogP contribution in [0, 0.1) is 5.41 Å². The molecule has 1 amide bonds. The van der Waals surface area contributed by atoms with E-state index >= 15 is 0 Å². The van der Waals surface area contributed by atoms with E-state index in [-0.39, 0.29) is 17.1 Å². The smallest absolute Gasteiger partial charge is 0.416 e. The average molecular weight is 324 g/mol. The summed E-state index contributed by atoms with van der Waals surface area (Å²) in [5.74, 6) is -1.81. The Morgan fingerprint density at radius 3 is 2.29 bits per heavy atom. The number of aliphatic carboxylic acids is 1. The lowest BCUT2D eigenvalue weighted by atomic mass is 9.89. The molecule has 1 rings (SSSR count). The number of carboxylic acid groups (broad SMARTS) is 1. The van der Waals surface area contributed by atoms with Gasteiger partial charge in [0.05, 0.1) is 21.7 Å².